The number of rotatable bonds is 5. The largest absolute Gasteiger partial charge is 0.378 e. The summed E-state index contributed by atoms with van der Waals surface area (Å²) in [5.74, 6) is -0.885. The average Bonchev–Trinajstić information content (AvgIpc) is 2.76. The van der Waals surface area contributed by atoms with Crippen LogP contribution in [-0.4, -0.2) is 42.0 Å². The fourth-order valence-electron chi connectivity index (χ4n) is 3.31. The maximum Gasteiger partial charge on any atom is 0.267 e. The van der Waals surface area contributed by atoms with Crippen molar-refractivity contribution in [2.24, 2.45) is 0 Å². The molecular formula is C22H21FN4O3. The van der Waals surface area contributed by atoms with Crippen molar-refractivity contribution >= 4 is 17.3 Å². The topological polar surface area (TPSA) is 76.5 Å². The van der Waals surface area contributed by atoms with E-state index in [1.807, 2.05) is 35.2 Å². The Morgan fingerprint density at radius 2 is 1.83 bits per heavy atom. The number of morpholine rings is 1. The Balaban J connectivity index is 1.46. The normalized spacial score (nSPS) is 13.8. The third kappa shape index (κ3) is 4.55. The van der Waals surface area contributed by atoms with Crippen LogP contribution in [0.2, 0.25) is 0 Å². The van der Waals surface area contributed by atoms with Gasteiger partial charge in [-0.15, -0.1) is 0 Å². The molecule has 3 aromatic rings. The molecule has 4 rings (SSSR count). The zero-order chi connectivity index (χ0) is 20.9. The van der Waals surface area contributed by atoms with Crippen LogP contribution in [-0.2, 0) is 16.1 Å². The number of nitrogens with zero attached hydrogens (tertiary/aromatic N) is 3. The zero-order valence-corrected chi connectivity index (χ0v) is 16.3. The number of amides is 1. The number of benzene rings is 2. The third-order valence-corrected chi connectivity index (χ3v) is 4.81. The van der Waals surface area contributed by atoms with Gasteiger partial charge in [-0.2, -0.15) is 5.10 Å². The Morgan fingerprint density at radius 1 is 1.07 bits per heavy atom. The summed E-state index contributed by atoms with van der Waals surface area (Å²) in [4.78, 5) is 26.4. The third-order valence-electron chi connectivity index (χ3n) is 4.81. The van der Waals surface area contributed by atoms with Crippen LogP contribution in [0, 0.1) is 5.82 Å². The van der Waals surface area contributed by atoms with Gasteiger partial charge in [0.05, 0.1) is 24.6 Å². The van der Waals surface area contributed by atoms with Crippen molar-refractivity contribution in [2.75, 3.05) is 36.5 Å². The van der Waals surface area contributed by atoms with Crippen LogP contribution in [0.25, 0.3) is 11.3 Å². The molecule has 1 fully saturated rings. The first-order valence-corrected chi connectivity index (χ1v) is 9.66. The predicted octanol–water partition coefficient (Wildman–Crippen LogP) is 2.52. The van der Waals surface area contributed by atoms with E-state index in [1.165, 1.54) is 12.1 Å². The lowest BCUT2D eigenvalue weighted by atomic mass is 10.1. The van der Waals surface area contributed by atoms with E-state index in [4.69, 9.17) is 4.74 Å². The van der Waals surface area contributed by atoms with Gasteiger partial charge in [0.15, 0.2) is 0 Å². The van der Waals surface area contributed by atoms with Gasteiger partial charge in [-0.05, 0) is 24.3 Å². The van der Waals surface area contributed by atoms with Crippen molar-refractivity contribution in [1.82, 2.24) is 9.78 Å². The number of hydrogen-bond acceptors (Lipinski definition) is 5. The zero-order valence-electron chi connectivity index (χ0n) is 16.3. The van der Waals surface area contributed by atoms with E-state index in [2.05, 4.69) is 10.4 Å². The molecule has 1 aromatic heterocycles. The van der Waals surface area contributed by atoms with Crippen molar-refractivity contribution in [3.05, 3.63) is 76.8 Å². The molecule has 154 valence electrons. The SMILES string of the molecule is O=C(Cn1nc(-c2ccccc2)ccc1=O)Nc1ccc(N2CCOCC2)c(F)c1. The summed E-state index contributed by atoms with van der Waals surface area (Å²) in [6, 6.07) is 16.9. The van der Waals surface area contributed by atoms with Gasteiger partial charge in [0.25, 0.3) is 5.56 Å². The maximum absolute atomic E-state index is 14.5. The highest BCUT2D eigenvalue weighted by Gasteiger charge is 2.16. The van der Waals surface area contributed by atoms with E-state index >= 15 is 0 Å². The molecule has 1 N–H and O–H groups in total. The van der Waals surface area contributed by atoms with Gasteiger partial charge in [0, 0.05) is 30.4 Å². The van der Waals surface area contributed by atoms with E-state index in [9.17, 15) is 14.0 Å². The standard InChI is InChI=1S/C22H21FN4O3/c23-18-14-17(6-8-20(18)26-10-12-30-13-11-26)24-21(28)15-27-22(29)9-7-19(25-27)16-4-2-1-3-5-16/h1-9,14H,10-13,15H2,(H,24,28). The van der Waals surface area contributed by atoms with Crippen LogP contribution in [0.15, 0.2) is 65.5 Å². The minimum absolute atomic E-state index is 0.271. The molecule has 1 aliphatic rings. The van der Waals surface area contributed by atoms with Crippen LogP contribution in [0.3, 0.4) is 0 Å². The highest BCUT2D eigenvalue weighted by molar-refractivity contribution is 5.90. The molecule has 1 aliphatic heterocycles. The van der Waals surface area contributed by atoms with E-state index in [1.54, 1.807) is 18.2 Å². The van der Waals surface area contributed by atoms with Crippen LogP contribution in [0.5, 0.6) is 0 Å². The van der Waals surface area contributed by atoms with E-state index in [0.717, 1.165) is 10.2 Å². The first-order valence-electron chi connectivity index (χ1n) is 9.66. The van der Waals surface area contributed by atoms with Gasteiger partial charge in [-0.3, -0.25) is 9.59 Å². The van der Waals surface area contributed by atoms with Crippen LogP contribution >= 0.6 is 0 Å². The molecule has 0 unspecified atom stereocenters. The van der Waals surface area contributed by atoms with Gasteiger partial charge < -0.3 is 15.0 Å². The van der Waals surface area contributed by atoms with Crippen molar-refractivity contribution in [1.29, 1.82) is 0 Å². The molecule has 1 saturated heterocycles. The predicted molar refractivity (Wildman–Crippen MR) is 112 cm³/mol. The average molecular weight is 408 g/mol. The van der Waals surface area contributed by atoms with Gasteiger partial charge in [-0.1, -0.05) is 30.3 Å². The number of nitrogens with one attached hydrogen (secondary N) is 1. The Hall–Kier alpha value is -3.52. The number of carbonyl (C=O) groups excluding carboxylic acids is 1. The molecule has 1 amide bonds. The van der Waals surface area contributed by atoms with Crippen molar-refractivity contribution in [2.45, 2.75) is 6.54 Å². The Bertz CT molecular complexity index is 1100. The number of anilines is 2. The minimum Gasteiger partial charge on any atom is -0.378 e. The number of ether oxygens (including phenoxy) is 1. The lowest BCUT2D eigenvalue weighted by molar-refractivity contribution is -0.117. The molecule has 0 radical (unpaired) electrons. The van der Waals surface area contributed by atoms with E-state index in [0.29, 0.717) is 43.4 Å². The smallest absolute Gasteiger partial charge is 0.267 e. The number of halogens is 1. The highest BCUT2D eigenvalue weighted by atomic mass is 19.1. The molecule has 7 nitrogen and oxygen atoms in total. The molecular weight excluding hydrogens is 387 g/mol. The first kappa shape index (κ1) is 19.8. The summed E-state index contributed by atoms with van der Waals surface area (Å²) < 4.78 is 20.9. The first-order chi connectivity index (χ1) is 14.6. The van der Waals surface area contributed by atoms with E-state index < -0.39 is 17.3 Å². The second-order valence-electron chi connectivity index (χ2n) is 6.89. The second kappa shape index (κ2) is 8.87. The fourth-order valence-corrected chi connectivity index (χ4v) is 3.31. The van der Waals surface area contributed by atoms with Gasteiger partial charge in [-0.25, -0.2) is 9.07 Å². The molecule has 0 aliphatic carbocycles. The molecule has 2 heterocycles. The molecule has 0 atom stereocenters. The van der Waals surface area contributed by atoms with Crippen molar-refractivity contribution < 1.29 is 13.9 Å². The summed E-state index contributed by atoms with van der Waals surface area (Å²) >= 11 is 0. The van der Waals surface area contributed by atoms with Crippen LogP contribution in [0.4, 0.5) is 15.8 Å². The lowest BCUT2D eigenvalue weighted by Gasteiger charge is -2.29. The lowest BCUT2D eigenvalue weighted by Crippen LogP contribution is -2.36. The van der Waals surface area contributed by atoms with Crippen molar-refractivity contribution in [3.63, 3.8) is 0 Å². The second-order valence-corrected chi connectivity index (χ2v) is 6.89. The van der Waals surface area contributed by atoms with E-state index in [-0.39, 0.29) is 6.54 Å². The molecule has 30 heavy (non-hydrogen) atoms. The summed E-state index contributed by atoms with van der Waals surface area (Å²) in [5, 5.41) is 6.89. The number of hydrogen-bond donors (Lipinski definition) is 1. The molecule has 0 bridgehead atoms. The summed E-state index contributed by atoms with van der Waals surface area (Å²) in [7, 11) is 0. The maximum atomic E-state index is 14.5. The van der Waals surface area contributed by atoms with Gasteiger partial charge in [0.1, 0.15) is 12.4 Å². The Morgan fingerprint density at radius 3 is 2.57 bits per heavy atom. The van der Waals surface area contributed by atoms with Crippen molar-refractivity contribution in [3.8, 4) is 11.3 Å². The van der Waals surface area contributed by atoms with Crippen LogP contribution < -0.4 is 15.8 Å². The number of aromatic nitrogens is 2. The molecule has 2 aromatic carbocycles. The summed E-state index contributed by atoms with van der Waals surface area (Å²) in [6.07, 6.45) is 0. The molecule has 0 saturated carbocycles. The fraction of sp³-hybridized carbons (Fsp3) is 0.227. The Kier molecular flexibility index (Phi) is 5.85. The number of carbonyl (C=O) groups is 1. The monoisotopic (exact) mass is 408 g/mol. The summed E-state index contributed by atoms with van der Waals surface area (Å²) in [5.41, 5.74) is 1.83. The Labute approximate surface area is 172 Å². The summed E-state index contributed by atoms with van der Waals surface area (Å²) in [6.45, 7) is 2.08. The minimum atomic E-state index is -0.465. The van der Waals surface area contributed by atoms with Crippen LogP contribution in [0.1, 0.15) is 0 Å². The molecule has 0 spiro atoms. The molecule has 8 heteroatoms. The van der Waals surface area contributed by atoms with Gasteiger partial charge >= 0.3 is 0 Å². The quantitative estimate of drug-likeness (QED) is 0.702. The highest BCUT2D eigenvalue weighted by Crippen LogP contribution is 2.23. The van der Waals surface area contributed by atoms with Gasteiger partial charge in [0.2, 0.25) is 5.91 Å².